The van der Waals surface area contributed by atoms with E-state index in [1.807, 2.05) is 36.4 Å². The van der Waals surface area contributed by atoms with Crippen LogP contribution in [0, 0.1) is 0 Å². The van der Waals surface area contributed by atoms with Crippen LogP contribution in [0.15, 0.2) is 60.7 Å². The third kappa shape index (κ3) is 1.73. The van der Waals surface area contributed by atoms with Crippen molar-refractivity contribution in [2.24, 2.45) is 0 Å². The normalized spacial score (nSPS) is 34.2. The van der Waals surface area contributed by atoms with Gasteiger partial charge in [0.1, 0.15) is 8.67 Å². The van der Waals surface area contributed by atoms with E-state index in [1.54, 1.807) is 0 Å². The predicted molar refractivity (Wildman–Crippen MR) is 94.3 cm³/mol. The Hall–Kier alpha value is -0.400. The Bertz CT molecular complexity index is 647. The highest BCUT2D eigenvalue weighted by molar-refractivity contribution is 6.55. The van der Waals surface area contributed by atoms with Crippen LogP contribution < -0.4 is 0 Å². The fourth-order valence-corrected chi connectivity index (χ4v) is 5.95. The standard InChI is InChI=1S/C18H14Cl4/c19-17(20)11-15(17,13-7-3-1-4-8-13)16(12-18(16,21)22)14-9-5-2-6-10-14/h1-10H,11-12H2/t15-,16-/m0/s1. The fourth-order valence-electron chi connectivity index (χ4n) is 4.07. The van der Waals surface area contributed by atoms with Crippen molar-refractivity contribution in [1.29, 1.82) is 0 Å². The SMILES string of the molecule is ClC1(Cl)C[C@]1(c1ccccc1)[C@@]1(c2ccccc2)CC1(Cl)Cl. The zero-order chi connectivity index (χ0) is 15.6. The second-order valence-electron chi connectivity index (χ2n) is 6.31. The van der Waals surface area contributed by atoms with Crippen LogP contribution in [0.2, 0.25) is 0 Å². The van der Waals surface area contributed by atoms with Crippen LogP contribution in [0.4, 0.5) is 0 Å². The van der Waals surface area contributed by atoms with E-state index in [1.165, 1.54) is 0 Å². The largest absolute Gasteiger partial charge is 0.130 e. The molecular weight excluding hydrogens is 358 g/mol. The average Bonchev–Trinajstić information content (AvgIpc) is 3.31. The van der Waals surface area contributed by atoms with Gasteiger partial charge in [-0.15, -0.1) is 46.4 Å². The van der Waals surface area contributed by atoms with Gasteiger partial charge in [0.2, 0.25) is 0 Å². The van der Waals surface area contributed by atoms with E-state index in [4.69, 9.17) is 46.4 Å². The molecule has 0 amide bonds. The van der Waals surface area contributed by atoms with Gasteiger partial charge >= 0.3 is 0 Å². The van der Waals surface area contributed by atoms with Gasteiger partial charge in [0.25, 0.3) is 0 Å². The second kappa shape index (κ2) is 4.57. The molecule has 2 saturated carbocycles. The molecule has 2 aromatic rings. The Morgan fingerprint density at radius 1 is 0.545 bits per heavy atom. The molecular formula is C18H14Cl4. The van der Waals surface area contributed by atoms with Gasteiger partial charge in [-0.2, -0.15) is 0 Å². The average molecular weight is 372 g/mol. The van der Waals surface area contributed by atoms with Gasteiger partial charge < -0.3 is 0 Å². The second-order valence-corrected chi connectivity index (χ2v) is 9.27. The molecule has 0 unspecified atom stereocenters. The Balaban J connectivity index is 1.94. The zero-order valence-electron chi connectivity index (χ0n) is 11.7. The summed E-state index contributed by atoms with van der Waals surface area (Å²) in [6.07, 6.45) is 1.31. The van der Waals surface area contributed by atoms with Crippen LogP contribution in [0.1, 0.15) is 24.0 Å². The van der Waals surface area contributed by atoms with Crippen LogP contribution in [-0.4, -0.2) is 8.67 Å². The fraction of sp³-hybridized carbons (Fsp3) is 0.333. The summed E-state index contributed by atoms with van der Waals surface area (Å²) in [5.41, 5.74) is 1.31. The number of hydrogen-bond donors (Lipinski definition) is 0. The molecule has 2 aliphatic rings. The predicted octanol–water partition coefficient (Wildman–Crippen LogP) is 6.02. The van der Waals surface area contributed by atoms with Gasteiger partial charge in [0.15, 0.2) is 0 Å². The number of hydrogen-bond acceptors (Lipinski definition) is 0. The number of alkyl halides is 4. The summed E-state index contributed by atoms with van der Waals surface area (Å²) in [5, 5.41) is 0. The lowest BCUT2D eigenvalue weighted by Gasteiger charge is -2.32. The van der Waals surface area contributed by atoms with Gasteiger partial charge in [-0.05, 0) is 24.0 Å². The maximum absolute atomic E-state index is 6.65. The quantitative estimate of drug-likeness (QED) is 0.579. The van der Waals surface area contributed by atoms with Gasteiger partial charge in [-0.3, -0.25) is 0 Å². The highest BCUT2D eigenvalue weighted by Gasteiger charge is 2.88. The van der Waals surface area contributed by atoms with Crippen LogP contribution in [0.25, 0.3) is 0 Å². The molecule has 0 spiro atoms. The number of benzene rings is 2. The number of rotatable bonds is 3. The minimum Gasteiger partial charge on any atom is -0.101 e. The lowest BCUT2D eigenvalue weighted by Crippen LogP contribution is -2.36. The van der Waals surface area contributed by atoms with Gasteiger partial charge in [-0.1, -0.05) is 60.7 Å². The molecule has 0 heterocycles. The summed E-state index contributed by atoms with van der Waals surface area (Å²) < 4.78 is -1.70. The summed E-state index contributed by atoms with van der Waals surface area (Å²) in [4.78, 5) is 0. The van der Waals surface area contributed by atoms with Gasteiger partial charge in [-0.25, -0.2) is 0 Å². The molecule has 22 heavy (non-hydrogen) atoms. The Kier molecular flexibility index (Phi) is 3.15. The lowest BCUT2D eigenvalue weighted by atomic mass is 9.75. The highest BCUT2D eigenvalue weighted by atomic mass is 35.5. The first kappa shape index (κ1) is 15.1. The van der Waals surface area contributed by atoms with Crippen molar-refractivity contribution in [3.05, 3.63) is 71.8 Å². The van der Waals surface area contributed by atoms with E-state index in [2.05, 4.69) is 24.3 Å². The van der Waals surface area contributed by atoms with Crippen molar-refractivity contribution in [2.75, 3.05) is 0 Å². The summed E-state index contributed by atoms with van der Waals surface area (Å²) in [6.45, 7) is 0. The van der Waals surface area contributed by atoms with E-state index in [9.17, 15) is 0 Å². The monoisotopic (exact) mass is 370 g/mol. The van der Waals surface area contributed by atoms with Gasteiger partial charge in [0.05, 0.1) is 0 Å². The zero-order valence-corrected chi connectivity index (χ0v) is 14.7. The van der Waals surface area contributed by atoms with E-state index >= 15 is 0 Å². The van der Waals surface area contributed by atoms with E-state index < -0.39 is 19.5 Å². The third-order valence-corrected chi connectivity index (χ3v) is 7.06. The molecule has 0 radical (unpaired) electrons. The van der Waals surface area contributed by atoms with Crippen molar-refractivity contribution in [2.45, 2.75) is 32.3 Å². The van der Waals surface area contributed by atoms with Gasteiger partial charge in [0, 0.05) is 10.8 Å². The van der Waals surface area contributed by atoms with E-state index in [-0.39, 0.29) is 0 Å². The van der Waals surface area contributed by atoms with E-state index in [0.717, 1.165) is 11.1 Å². The molecule has 114 valence electrons. The maximum Gasteiger partial charge on any atom is 0.130 e. The molecule has 2 aromatic carbocycles. The summed E-state index contributed by atoms with van der Waals surface area (Å²) in [6, 6.07) is 20.3. The Labute approximate surface area is 150 Å². The van der Waals surface area contributed by atoms with Crippen LogP contribution in [0.3, 0.4) is 0 Å². The molecule has 2 atom stereocenters. The molecule has 0 bridgehead atoms. The van der Waals surface area contributed by atoms with Crippen molar-refractivity contribution < 1.29 is 0 Å². The van der Waals surface area contributed by atoms with Crippen molar-refractivity contribution in [3.63, 3.8) is 0 Å². The van der Waals surface area contributed by atoms with Crippen molar-refractivity contribution >= 4 is 46.4 Å². The molecule has 2 fully saturated rings. The van der Waals surface area contributed by atoms with Crippen LogP contribution >= 0.6 is 46.4 Å². The first-order valence-corrected chi connectivity index (χ1v) is 8.75. The summed E-state index contributed by atoms with van der Waals surface area (Å²) in [5.74, 6) is 0. The minimum atomic E-state index is -0.851. The summed E-state index contributed by atoms with van der Waals surface area (Å²) in [7, 11) is 0. The van der Waals surface area contributed by atoms with Crippen molar-refractivity contribution in [1.82, 2.24) is 0 Å². The minimum absolute atomic E-state index is 0.449. The Morgan fingerprint density at radius 3 is 1.05 bits per heavy atom. The Morgan fingerprint density at radius 2 is 0.818 bits per heavy atom. The van der Waals surface area contributed by atoms with Crippen LogP contribution in [-0.2, 0) is 10.8 Å². The smallest absolute Gasteiger partial charge is 0.101 e. The lowest BCUT2D eigenvalue weighted by molar-refractivity contribution is 0.495. The first-order valence-electron chi connectivity index (χ1n) is 7.24. The molecule has 4 rings (SSSR count). The first-order chi connectivity index (χ1) is 10.4. The van der Waals surface area contributed by atoms with Crippen LogP contribution in [0.5, 0.6) is 0 Å². The topological polar surface area (TPSA) is 0 Å². The molecule has 2 aliphatic carbocycles. The molecule has 4 heteroatoms. The molecule has 0 nitrogen and oxygen atoms in total. The number of halogens is 4. The van der Waals surface area contributed by atoms with Crippen molar-refractivity contribution in [3.8, 4) is 0 Å². The van der Waals surface area contributed by atoms with E-state index in [0.29, 0.717) is 12.8 Å². The summed E-state index contributed by atoms with van der Waals surface area (Å²) >= 11 is 26.6. The molecule has 0 saturated heterocycles. The third-order valence-electron chi connectivity index (χ3n) is 5.23. The molecule has 0 N–H and O–H groups in total. The maximum atomic E-state index is 6.65. The molecule has 0 aliphatic heterocycles. The highest BCUT2D eigenvalue weighted by Crippen LogP contribution is 2.84. The molecule has 0 aromatic heterocycles.